The van der Waals surface area contributed by atoms with E-state index in [1.165, 1.54) is 0 Å². The molecule has 0 heterocycles. The van der Waals surface area contributed by atoms with Crippen LogP contribution in [0.15, 0.2) is 30.9 Å². The van der Waals surface area contributed by atoms with Crippen molar-refractivity contribution in [3.8, 4) is 0 Å². The third-order valence-corrected chi connectivity index (χ3v) is 3.01. The lowest BCUT2D eigenvalue weighted by molar-refractivity contribution is 0.520. The summed E-state index contributed by atoms with van der Waals surface area (Å²) in [5, 5.41) is 4.82. The van der Waals surface area contributed by atoms with Crippen LogP contribution >= 0.6 is 23.2 Å². The van der Waals surface area contributed by atoms with Crippen molar-refractivity contribution in [3.05, 3.63) is 46.5 Å². The molecule has 88 valence electrons. The largest absolute Gasteiger partial charge is 0.310 e. The summed E-state index contributed by atoms with van der Waals surface area (Å²) in [5.74, 6) is 0. The van der Waals surface area contributed by atoms with E-state index >= 15 is 0 Å². The second-order valence-electron chi connectivity index (χ2n) is 3.64. The first-order valence-electron chi connectivity index (χ1n) is 5.48. The molecule has 0 fully saturated rings. The Kier molecular flexibility index (Phi) is 5.89. The summed E-state index contributed by atoms with van der Waals surface area (Å²) in [6.45, 7) is 6.75. The smallest absolute Gasteiger partial charge is 0.0468 e. The zero-order valence-electron chi connectivity index (χ0n) is 9.47. The van der Waals surface area contributed by atoms with Crippen molar-refractivity contribution in [2.45, 2.75) is 25.8 Å². The Morgan fingerprint density at radius 1 is 1.44 bits per heavy atom. The van der Waals surface area contributed by atoms with Crippen molar-refractivity contribution in [1.29, 1.82) is 0 Å². The van der Waals surface area contributed by atoms with Gasteiger partial charge in [0.1, 0.15) is 0 Å². The van der Waals surface area contributed by atoms with Gasteiger partial charge in [-0.2, -0.15) is 0 Å². The SMILES string of the molecule is C=CCCC(NCC)c1ccc(Cl)cc1Cl. The molecular formula is C13H17Cl2N. The van der Waals surface area contributed by atoms with E-state index in [0.717, 1.165) is 30.0 Å². The summed E-state index contributed by atoms with van der Waals surface area (Å²) in [7, 11) is 0. The van der Waals surface area contributed by atoms with E-state index in [0.29, 0.717) is 5.02 Å². The number of benzene rings is 1. The van der Waals surface area contributed by atoms with Crippen LogP contribution < -0.4 is 5.32 Å². The highest BCUT2D eigenvalue weighted by atomic mass is 35.5. The van der Waals surface area contributed by atoms with Gasteiger partial charge >= 0.3 is 0 Å². The quantitative estimate of drug-likeness (QED) is 0.734. The maximum atomic E-state index is 6.19. The second-order valence-corrected chi connectivity index (χ2v) is 4.49. The lowest BCUT2D eigenvalue weighted by atomic mass is 10.0. The van der Waals surface area contributed by atoms with Gasteiger partial charge in [0.15, 0.2) is 0 Å². The van der Waals surface area contributed by atoms with Crippen molar-refractivity contribution in [2.24, 2.45) is 0 Å². The highest BCUT2D eigenvalue weighted by molar-refractivity contribution is 6.35. The van der Waals surface area contributed by atoms with Crippen LogP contribution in [-0.2, 0) is 0 Å². The van der Waals surface area contributed by atoms with Crippen molar-refractivity contribution in [1.82, 2.24) is 5.32 Å². The van der Waals surface area contributed by atoms with E-state index < -0.39 is 0 Å². The number of hydrogen-bond acceptors (Lipinski definition) is 1. The molecule has 0 aliphatic heterocycles. The van der Waals surface area contributed by atoms with Crippen molar-refractivity contribution in [2.75, 3.05) is 6.54 Å². The highest BCUT2D eigenvalue weighted by Gasteiger charge is 2.12. The molecule has 16 heavy (non-hydrogen) atoms. The average molecular weight is 258 g/mol. The molecule has 1 N–H and O–H groups in total. The Hall–Kier alpha value is -0.500. The fourth-order valence-electron chi connectivity index (χ4n) is 1.68. The van der Waals surface area contributed by atoms with Gasteiger partial charge in [-0.3, -0.25) is 0 Å². The normalized spacial score (nSPS) is 12.4. The third-order valence-electron chi connectivity index (χ3n) is 2.45. The first-order valence-corrected chi connectivity index (χ1v) is 6.23. The lowest BCUT2D eigenvalue weighted by Gasteiger charge is -2.19. The van der Waals surface area contributed by atoms with Crippen molar-refractivity contribution < 1.29 is 0 Å². The summed E-state index contributed by atoms with van der Waals surface area (Å²) in [6, 6.07) is 5.92. The number of allylic oxidation sites excluding steroid dienone is 1. The summed E-state index contributed by atoms with van der Waals surface area (Å²) in [5.41, 5.74) is 1.11. The molecule has 0 amide bonds. The molecule has 0 aromatic heterocycles. The lowest BCUT2D eigenvalue weighted by Crippen LogP contribution is -2.21. The number of hydrogen-bond donors (Lipinski definition) is 1. The van der Waals surface area contributed by atoms with Gasteiger partial charge in [-0.15, -0.1) is 6.58 Å². The molecule has 1 aromatic carbocycles. The minimum absolute atomic E-state index is 0.271. The molecule has 0 saturated carbocycles. The van der Waals surface area contributed by atoms with Crippen LogP contribution in [0.3, 0.4) is 0 Å². The van der Waals surface area contributed by atoms with Crippen LogP contribution in [0.2, 0.25) is 10.0 Å². The van der Waals surface area contributed by atoms with E-state index in [2.05, 4.69) is 18.8 Å². The number of halogens is 2. The van der Waals surface area contributed by atoms with Crippen LogP contribution in [-0.4, -0.2) is 6.54 Å². The molecule has 0 radical (unpaired) electrons. The molecule has 1 atom stereocenters. The van der Waals surface area contributed by atoms with Gasteiger partial charge in [-0.1, -0.05) is 42.3 Å². The van der Waals surface area contributed by atoms with Gasteiger partial charge in [0.2, 0.25) is 0 Å². The van der Waals surface area contributed by atoms with Crippen molar-refractivity contribution in [3.63, 3.8) is 0 Å². The topological polar surface area (TPSA) is 12.0 Å². The first-order chi connectivity index (χ1) is 7.69. The maximum absolute atomic E-state index is 6.19. The predicted octanol–water partition coefficient (Wildman–Crippen LogP) is 4.61. The summed E-state index contributed by atoms with van der Waals surface area (Å²) in [4.78, 5) is 0. The molecule has 1 nitrogen and oxygen atoms in total. The van der Waals surface area contributed by atoms with E-state index in [1.807, 2.05) is 18.2 Å². The van der Waals surface area contributed by atoms with Crippen molar-refractivity contribution >= 4 is 23.2 Å². The van der Waals surface area contributed by atoms with E-state index in [9.17, 15) is 0 Å². The van der Waals surface area contributed by atoms with Crippen LogP contribution in [0.4, 0.5) is 0 Å². The molecule has 3 heteroatoms. The van der Waals surface area contributed by atoms with E-state index in [1.54, 1.807) is 6.07 Å². The summed E-state index contributed by atoms with van der Waals surface area (Å²) < 4.78 is 0. The van der Waals surface area contributed by atoms with Gasteiger partial charge < -0.3 is 5.32 Å². The summed E-state index contributed by atoms with van der Waals surface area (Å²) in [6.07, 6.45) is 3.89. The van der Waals surface area contributed by atoms with E-state index in [4.69, 9.17) is 23.2 Å². The number of rotatable bonds is 6. The molecule has 0 aliphatic rings. The number of nitrogens with one attached hydrogen (secondary N) is 1. The Morgan fingerprint density at radius 2 is 2.19 bits per heavy atom. The fraction of sp³-hybridized carbons (Fsp3) is 0.385. The van der Waals surface area contributed by atoms with Gasteiger partial charge in [0.05, 0.1) is 0 Å². The Morgan fingerprint density at radius 3 is 2.75 bits per heavy atom. The first kappa shape index (κ1) is 13.6. The third kappa shape index (κ3) is 3.82. The molecular weight excluding hydrogens is 241 g/mol. The van der Waals surface area contributed by atoms with E-state index in [-0.39, 0.29) is 6.04 Å². The van der Waals surface area contributed by atoms with Crippen LogP contribution in [0.1, 0.15) is 31.4 Å². The van der Waals surface area contributed by atoms with Gasteiger partial charge in [0.25, 0.3) is 0 Å². The highest BCUT2D eigenvalue weighted by Crippen LogP contribution is 2.28. The molecule has 0 bridgehead atoms. The van der Waals surface area contributed by atoms with Crippen LogP contribution in [0.5, 0.6) is 0 Å². The average Bonchev–Trinajstić information content (AvgIpc) is 2.25. The molecule has 0 spiro atoms. The van der Waals surface area contributed by atoms with Gasteiger partial charge in [0, 0.05) is 16.1 Å². The zero-order valence-corrected chi connectivity index (χ0v) is 11.0. The standard InChI is InChI=1S/C13H17Cl2N/c1-3-5-6-13(16-4-2)11-8-7-10(14)9-12(11)15/h3,7-9,13,16H,1,4-6H2,2H3. The van der Waals surface area contributed by atoms with Crippen LogP contribution in [0.25, 0.3) is 0 Å². The fourth-order valence-corrected chi connectivity index (χ4v) is 2.22. The Balaban J connectivity index is 2.86. The Bertz CT molecular complexity index is 350. The maximum Gasteiger partial charge on any atom is 0.0468 e. The molecule has 0 saturated heterocycles. The molecule has 0 aliphatic carbocycles. The zero-order chi connectivity index (χ0) is 12.0. The molecule has 1 rings (SSSR count). The molecule has 1 unspecified atom stereocenters. The predicted molar refractivity (Wildman–Crippen MR) is 72.3 cm³/mol. The minimum Gasteiger partial charge on any atom is -0.310 e. The minimum atomic E-state index is 0.271. The molecule has 1 aromatic rings. The van der Waals surface area contributed by atoms with Gasteiger partial charge in [-0.25, -0.2) is 0 Å². The second kappa shape index (κ2) is 6.95. The monoisotopic (exact) mass is 257 g/mol. The van der Waals surface area contributed by atoms with Crippen LogP contribution in [0, 0.1) is 0 Å². The summed E-state index contributed by atoms with van der Waals surface area (Å²) >= 11 is 12.1. The Labute approximate surface area is 107 Å². The van der Waals surface area contributed by atoms with Gasteiger partial charge in [-0.05, 0) is 37.1 Å².